The number of fused-ring (bicyclic) bond motifs is 2. The number of nitrogens with zero attached hydrogens (tertiary/aromatic N) is 3. The van der Waals surface area contributed by atoms with Gasteiger partial charge in [-0.3, -0.25) is 4.79 Å². The number of ether oxygens (including phenoxy) is 1. The average Bonchev–Trinajstić information content (AvgIpc) is 3.02. The van der Waals surface area contributed by atoms with Crippen molar-refractivity contribution in [1.29, 1.82) is 0 Å². The Morgan fingerprint density at radius 2 is 2.04 bits per heavy atom. The van der Waals surface area contributed by atoms with Gasteiger partial charge in [-0.15, -0.1) is 0 Å². The lowest BCUT2D eigenvalue weighted by Gasteiger charge is -2.14. The summed E-state index contributed by atoms with van der Waals surface area (Å²) in [5, 5.41) is 0.780. The number of amides is 1. The van der Waals surface area contributed by atoms with E-state index in [0.29, 0.717) is 23.7 Å². The molecule has 1 aromatic carbocycles. The molecule has 6 nitrogen and oxygen atoms in total. The fraction of sp³-hybridized carbons (Fsp3) is 0.286. The Morgan fingerprint density at radius 3 is 2.81 bits per heavy atom. The quantitative estimate of drug-likeness (QED) is 0.749. The first-order valence-corrected chi connectivity index (χ1v) is 9.15. The number of nitrogen functional groups attached to an aromatic ring is 1. The molecule has 3 heterocycles. The Balaban J connectivity index is 1.90. The molecular weight excluding hydrogens is 340 g/mol. The number of unbranched alkanes of at least 4 members (excludes halogenated alkanes) is 1. The Kier molecular flexibility index (Phi) is 4.39. The molecule has 0 unspecified atom stereocenters. The second-order valence-electron chi connectivity index (χ2n) is 6.69. The van der Waals surface area contributed by atoms with Crippen LogP contribution in [-0.4, -0.2) is 34.4 Å². The minimum atomic E-state index is -0.0188. The van der Waals surface area contributed by atoms with Crippen molar-refractivity contribution in [1.82, 2.24) is 14.9 Å². The molecule has 0 aliphatic carbocycles. The lowest BCUT2D eigenvalue weighted by molar-refractivity contribution is 0.0777. The van der Waals surface area contributed by atoms with Crippen LogP contribution in [0.2, 0.25) is 0 Å². The Bertz CT molecular complexity index is 1030. The van der Waals surface area contributed by atoms with E-state index in [-0.39, 0.29) is 5.91 Å². The van der Waals surface area contributed by atoms with E-state index in [0.717, 1.165) is 47.1 Å². The van der Waals surface area contributed by atoms with Crippen LogP contribution in [0.1, 0.15) is 35.8 Å². The normalized spacial score (nSPS) is 13.3. The predicted molar refractivity (Wildman–Crippen MR) is 106 cm³/mol. The molecule has 6 heteroatoms. The number of carbonyl (C=O) groups excluding carboxylic acids is 1. The lowest BCUT2D eigenvalue weighted by Crippen LogP contribution is -2.25. The van der Waals surface area contributed by atoms with Crippen LogP contribution >= 0.6 is 0 Å². The maximum Gasteiger partial charge on any atom is 0.258 e. The molecule has 3 aromatic rings. The molecule has 0 saturated heterocycles. The molecule has 0 atom stereocenters. The summed E-state index contributed by atoms with van der Waals surface area (Å²) in [6.45, 7) is 3.35. The van der Waals surface area contributed by atoms with Crippen molar-refractivity contribution in [3.05, 3.63) is 47.8 Å². The third-order valence-electron chi connectivity index (χ3n) is 5.01. The minimum absolute atomic E-state index is 0.0188. The van der Waals surface area contributed by atoms with Gasteiger partial charge >= 0.3 is 0 Å². The fourth-order valence-corrected chi connectivity index (χ4v) is 3.63. The fourth-order valence-electron chi connectivity index (χ4n) is 3.63. The molecule has 0 spiro atoms. The number of pyridine rings is 2. The van der Waals surface area contributed by atoms with E-state index >= 15 is 0 Å². The topological polar surface area (TPSA) is 81.3 Å². The van der Waals surface area contributed by atoms with E-state index in [1.165, 1.54) is 0 Å². The van der Waals surface area contributed by atoms with E-state index in [2.05, 4.69) is 11.9 Å². The van der Waals surface area contributed by atoms with Crippen molar-refractivity contribution in [3.63, 3.8) is 0 Å². The van der Waals surface area contributed by atoms with Gasteiger partial charge in [0.25, 0.3) is 5.91 Å². The van der Waals surface area contributed by atoms with Crippen LogP contribution in [0.5, 0.6) is 5.88 Å². The van der Waals surface area contributed by atoms with Crippen LogP contribution in [0, 0.1) is 0 Å². The van der Waals surface area contributed by atoms with Crippen LogP contribution < -0.4 is 10.5 Å². The van der Waals surface area contributed by atoms with Crippen LogP contribution in [0.4, 0.5) is 5.69 Å². The number of anilines is 1. The third-order valence-corrected chi connectivity index (χ3v) is 5.01. The van der Waals surface area contributed by atoms with Gasteiger partial charge in [-0.2, -0.15) is 0 Å². The van der Waals surface area contributed by atoms with Gasteiger partial charge in [0.05, 0.1) is 36.1 Å². The van der Waals surface area contributed by atoms with Crippen molar-refractivity contribution in [2.24, 2.45) is 0 Å². The molecule has 2 N–H and O–H groups in total. The number of methoxy groups -OCH3 is 1. The zero-order valence-electron chi connectivity index (χ0n) is 15.5. The molecule has 138 valence electrons. The second kappa shape index (κ2) is 6.87. The number of benzene rings is 1. The van der Waals surface area contributed by atoms with E-state index in [4.69, 9.17) is 15.5 Å². The largest absolute Gasteiger partial charge is 0.481 e. The maximum absolute atomic E-state index is 12.8. The summed E-state index contributed by atoms with van der Waals surface area (Å²) in [6, 6.07) is 9.62. The highest BCUT2D eigenvalue weighted by molar-refractivity contribution is 6.11. The molecule has 1 amide bonds. The van der Waals surface area contributed by atoms with Gasteiger partial charge in [0, 0.05) is 29.3 Å². The highest BCUT2D eigenvalue weighted by Crippen LogP contribution is 2.38. The highest BCUT2D eigenvalue weighted by atomic mass is 16.5. The smallest absolute Gasteiger partial charge is 0.258 e. The summed E-state index contributed by atoms with van der Waals surface area (Å²) < 4.78 is 5.42. The van der Waals surface area contributed by atoms with E-state index < -0.39 is 0 Å². The number of para-hydroxylation sites is 1. The van der Waals surface area contributed by atoms with Gasteiger partial charge in [-0.05, 0) is 18.6 Å². The summed E-state index contributed by atoms with van der Waals surface area (Å²) in [7, 11) is 1.60. The van der Waals surface area contributed by atoms with E-state index in [1.807, 2.05) is 35.2 Å². The molecule has 2 aromatic heterocycles. The van der Waals surface area contributed by atoms with Gasteiger partial charge in [-0.25, -0.2) is 9.97 Å². The number of carbonyl (C=O) groups is 1. The SMILES string of the molecule is CCCCN1Cc2nc3c(-c4cccnc4OC)cccc3c(N)c2C1=O. The zero-order valence-corrected chi connectivity index (χ0v) is 15.5. The second-order valence-corrected chi connectivity index (χ2v) is 6.69. The summed E-state index contributed by atoms with van der Waals surface area (Å²) in [4.78, 5) is 23.8. The number of hydrogen-bond acceptors (Lipinski definition) is 5. The highest BCUT2D eigenvalue weighted by Gasteiger charge is 2.32. The van der Waals surface area contributed by atoms with Crippen molar-refractivity contribution in [2.75, 3.05) is 19.4 Å². The van der Waals surface area contributed by atoms with Gasteiger partial charge in [-0.1, -0.05) is 31.5 Å². The molecule has 0 saturated carbocycles. The number of hydrogen-bond donors (Lipinski definition) is 1. The Labute approximate surface area is 158 Å². The Hall–Kier alpha value is -3.15. The summed E-state index contributed by atoms with van der Waals surface area (Å²) in [5.74, 6) is 0.515. The molecule has 4 rings (SSSR count). The standard InChI is InChI=1S/C21H22N4O2/c1-3-4-11-25-12-16-17(21(25)26)18(22)15-8-5-7-13(19(15)24-16)14-9-6-10-23-20(14)27-2/h5-10H,3-4,11-12H2,1-2H3,(H2,22,24). The number of aromatic nitrogens is 2. The third kappa shape index (κ3) is 2.77. The first-order chi connectivity index (χ1) is 13.2. The Morgan fingerprint density at radius 1 is 1.22 bits per heavy atom. The van der Waals surface area contributed by atoms with Crippen LogP contribution in [0.25, 0.3) is 22.0 Å². The summed E-state index contributed by atoms with van der Waals surface area (Å²) in [5.41, 5.74) is 10.7. The molecule has 27 heavy (non-hydrogen) atoms. The minimum Gasteiger partial charge on any atom is -0.481 e. The lowest BCUT2D eigenvalue weighted by atomic mass is 10.00. The van der Waals surface area contributed by atoms with Gasteiger partial charge in [0.1, 0.15) is 0 Å². The summed E-state index contributed by atoms with van der Waals surface area (Å²) in [6.07, 6.45) is 3.70. The van der Waals surface area contributed by atoms with Crippen molar-refractivity contribution >= 4 is 22.5 Å². The molecule has 0 radical (unpaired) electrons. The van der Waals surface area contributed by atoms with Gasteiger partial charge in [0.2, 0.25) is 5.88 Å². The first-order valence-electron chi connectivity index (χ1n) is 9.15. The van der Waals surface area contributed by atoms with E-state index in [9.17, 15) is 4.79 Å². The van der Waals surface area contributed by atoms with Crippen molar-refractivity contribution < 1.29 is 9.53 Å². The average molecular weight is 362 g/mol. The van der Waals surface area contributed by atoms with E-state index in [1.54, 1.807) is 13.3 Å². The van der Waals surface area contributed by atoms with Crippen LogP contribution in [0.3, 0.4) is 0 Å². The molecular formula is C21H22N4O2. The maximum atomic E-state index is 12.8. The van der Waals surface area contributed by atoms with Crippen molar-refractivity contribution in [3.8, 4) is 17.0 Å². The monoisotopic (exact) mass is 362 g/mol. The number of nitrogens with two attached hydrogens (primary N) is 1. The molecule has 0 fully saturated rings. The van der Waals surface area contributed by atoms with Crippen LogP contribution in [0.15, 0.2) is 36.5 Å². The summed E-state index contributed by atoms with van der Waals surface area (Å²) >= 11 is 0. The molecule has 1 aliphatic heterocycles. The first kappa shape index (κ1) is 17.3. The number of rotatable bonds is 5. The zero-order chi connectivity index (χ0) is 19.0. The van der Waals surface area contributed by atoms with Crippen LogP contribution in [-0.2, 0) is 6.54 Å². The predicted octanol–water partition coefficient (Wildman–Crippen LogP) is 3.64. The van der Waals surface area contributed by atoms with Gasteiger partial charge < -0.3 is 15.4 Å². The van der Waals surface area contributed by atoms with Gasteiger partial charge in [0.15, 0.2) is 0 Å². The molecule has 1 aliphatic rings. The van der Waals surface area contributed by atoms with Crippen molar-refractivity contribution in [2.45, 2.75) is 26.3 Å². The molecule has 0 bridgehead atoms.